The van der Waals surface area contributed by atoms with Crippen LogP contribution in [0.2, 0.25) is 0 Å². The topological polar surface area (TPSA) is 20.2 Å². The lowest BCUT2D eigenvalue weighted by Gasteiger charge is -1.95. The van der Waals surface area contributed by atoms with Crippen molar-refractivity contribution in [3.63, 3.8) is 0 Å². The standard InChI is InChI=1S/C2H3F3O.CH4/c3-2(4,5)1-6;/h6H,1H2;1H4. The molecule has 0 bridgehead atoms. The molecule has 0 aliphatic carbocycles. The Balaban J connectivity index is 0. The lowest BCUT2D eigenvalue weighted by molar-refractivity contribution is -0.159. The summed E-state index contributed by atoms with van der Waals surface area (Å²) in [5.74, 6) is 0. The molecule has 0 saturated heterocycles. The molecule has 1 nitrogen and oxygen atoms in total. The number of hydrogen-bond acceptors (Lipinski definition) is 1. The Morgan fingerprint density at radius 2 is 1.43 bits per heavy atom. The third-order valence-electron chi connectivity index (χ3n) is 0.179. The average Bonchev–Trinajstić information content (AvgIpc) is 1.35. The van der Waals surface area contributed by atoms with Crippen LogP contribution in [-0.2, 0) is 0 Å². The molecule has 0 aromatic carbocycles. The second-order valence-corrected chi connectivity index (χ2v) is 0.773. The zero-order valence-electron chi connectivity index (χ0n) is 2.79. The Labute approximate surface area is 39.8 Å². The van der Waals surface area contributed by atoms with Crippen molar-refractivity contribution in [1.29, 1.82) is 0 Å². The number of alkyl halides is 3. The predicted octanol–water partition coefficient (Wildman–Crippen LogP) is 1.18. The van der Waals surface area contributed by atoms with Crippen LogP contribution in [0.5, 0.6) is 0 Å². The number of halogens is 3. The molecule has 0 aromatic heterocycles. The van der Waals surface area contributed by atoms with E-state index >= 15 is 0 Å². The predicted molar refractivity (Wildman–Crippen MR) is 19.9 cm³/mol. The summed E-state index contributed by atoms with van der Waals surface area (Å²) in [4.78, 5) is 0. The summed E-state index contributed by atoms with van der Waals surface area (Å²) in [5, 5.41) is 7.28. The molecule has 0 atom stereocenters. The normalized spacial score (nSPS) is 10.3. The van der Waals surface area contributed by atoms with E-state index in [1.165, 1.54) is 0 Å². The van der Waals surface area contributed by atoms with Crippen LogP contribution in [0.25, 0.3) is 0 Å². The Hall–Kier alpha value is -0.250. The van der Waals surface area contributed by atoms with Crippen LogP contribution < -0.4 is 0 Å². The summed E-state index contributed by atoms with van der Waals surface area (Å²) in [6, 6.07) is 0. The van der Waals surface area contributed by atoms with Crippen LogP contribution in [0.3, 0.4) is 0 Å². The van der Waals surface area contributed by atoms with Gasteiger partial charge in [0.15, 0.2) is 0 Å². The van der Waals surface area contributed by atoms with E-state index in [1.54, 1.807) is 0 Å². The zero-order valence-corrected chi connectivity index (χ0v) is 2.79. The SMILES string of the molecule is C.OCC(F)(F)F. The van der Waals surface area contributed by atoms with Gasteiger partial charge in [-0.15, -0.1) is 0 Å². The van der Waals surface area contributed by atoms with Gasteiger partial charge in [-0.3, -0.25) is 0 Å². The molecule has 0 amide bonds. The minimum atomic E-state index is -4.40. The van der Waals surface area contributed by atoms with Crippen molar-refractivity contribution < 1.29 is 18.3 Å². The van der Waals surface area contributed by atoms with Crippen molar-refractivity contribution in [3.05, 3.63) is 0 Å². The molecule has 0 saturated carbocycles. The third-order valence-corrected chi connectivity index (χ3v) is 0.179. The largest absolute Gasteiger partial charge is 0.411 e. The van der Waals surface area contributed by atoms with Crippen LogP contribution in [0.4, 0.5) is 13.2 Å². The zero-order chi connectivity index (χ0) is 5.21. The quantitative estimate of drug-likeness (QED) is 0.503. The molecule has 0 unspecified atom stereocenters. The van der Waals surface area contributed by atoms with Crippen LogP contribution in [-0.4, -0.2) is 17.9 Å². The van der Waals surface area contributed by atoms with Gasteiger partial charge in [0.05, 0.1) is 0 Å². The summed E-state index contributed by atoms with van der Waals surface area (Å²) in [5.41, 5.74) is 0. The Morgan fingerprint density at radius 3 is 1.43 bits per heavy atom. The first-order valence-corrected chi connectivity index (χ1v) is 1.24. The highest BCUT2D eigenvalue weighted by molar-refractivity contribution is 4.39. The van der Waals surface area contributed by atoms with E-state index in [-0.39, 0.29) is 7.43 Å². The fourth-order valence-corrected chi connectivity index (χ4v) is 0. The van der Waals surface area contributed by atoms with E-state index in [0.29, 0.717) is 0 Å². The first kappa shape index (κ1) is 9.89. The lowest BCUT2D eigenvalue weighted by Crippen LogP contribution is -2.12. The highest BCUT2D eigenvalue weighted by Crippen LogP contribution is 2.11. The monoisotopic (exact) mass is 116 g/mol. The van der Waals surface area contributed by atoms with Gasteiger partial charge in [0.25, 0.3) is 0 Å². The molecule has 0 aliphatic rings. The molecule has 0 spiro atoms. The van der Waals surface area contributed by atoms with Gasteiger partial charge in [0.1, 0.15) is 6.61 Å². The van der Waals surface area contributed by atoms with E-state index < -0.39 is 12.8 Å². The summed E-state index contributed by atoms with van der Waals surface area (Å²) < 4.78 is 31.6. The first-order valence-electron chi connectivity index (χ1n) is 1.24. The molecular formula is C3H7F3O. The van der Waals surface area contributed by atoms with Crippen LogP contribution >= 0.6 is 0 Å². The Bertz CT molecular complexity index is 39.9. The molecule has 0 fully saturated rings. The van der Waals surface area contributed by atoms with Gasteiger partial charge in [0, 0.05) is 0 Å². The van der Waals surface area contributed by atoms with Gasteiger partial charge < -0.3 is 5.11 Å². The van der Waals surface area contributed by atoms with Crippen molar-refractivity contribution in [2.75, 3.05) is 6.61 Å². The maximum absolute atomic E-state index is 10.5. The fourth-order valence-electron chi connectivity index (χ4n) is 0. The molecule has 46 valence electrons. The molecule has 0 aromatic rings. The second kappa shape index (κ2) is 2.85. The summed E-state index contributed by atoms with van der Waals surface area (Å²) >= 11 is 0. The smallest absolute Gasteiger partial charge is 0.387 e. The molecule has 0 rings (SSSR count). The van der Waals surface area contributed by atoms with Crippen LogP contribution in [0.1, 0.15) is 7.43 Å². The van der Waals surface area contributed by atoms with E-state index in [1.807, 2.05) is 0 Å². The van der Waals surface area contributed by atoms with Crippen LogP contribution in [0, 0.1) is 0 Å². The number of aliphatic hydroxyl groups excluding tert-OH is 1. The molecule has 1 N–H and O–H groups in total. The van der Waals surface area contributed by atoms with Gasteiger partial charge in [-0.1, -0.05) is 7.43 Å². The van der Waals surface area contributed by atoms with Gasteiger partial charge in [0.2, 0.25) is 0 Å². The molecule has 0 radical (unpaired) electrons. The van der Waals surface area contributed by atoms with Gasteiger partial charge in [-0.2, -0.15) is 13.2 Å². The van der Waals surface area contributed by atoms with Crippen molar-refractivity contribution >= 4 is 0 Å². The number of hydrogen-bond donors (Lipinski definition) is 1. The van der Waals surface area contributed by atoms with E-state index in [4.69, 9.17) is 5.11 Å². The van der Waals surface area contributed by atoms with Crippen molar-refractivity contribution in [3.8, 4) is 0 Å². The van der Waals surface area contributed by atoms with Gasteiger partial charge in [-0.25, -0.2) is 0 Å². The number of aliphatic hydroxyl groups is 1. The molecular weight excluding hydrogens is 109 g/mol. The fraction of sp³-hybridized carbons (Fsp3) is 1.00. The highest BCUT2D eigenvalue weighted by atomic mass is 19.4. The highest BCUT2D eigenvalue weighted by Gasteiger charge is 2.24. The molecule has 0 heterocycles. The van der Waals surface area contributed by atoms with Crippen LogP contribution in [0.15, 0.2) is 0 Å². The van der Waals surface area contributed by atoms with Crippen molar-refractivity contribution in [2.24, 2.45) is 0 Å². The maximum Gasteiger partial charge on any atom is 0.411 e. The number of rotatable bonds is 0. The summed E-state index contributed by atoms with van der Waals surface area (Å²) in [6.45, 7) is -1.73. The van der Waals surface area contributed by atoms with E-state index in [0.717, 1.165) is 0 Å². The van der Waals surface area contributed by atoms with E-state index in [2.05, 4.69) is 0 Å². The Kier molecular flexibility index (Phi) is 4.02. The van der Waals surface area contributed by atoms with Crippen molar-refractivity contribution in [1.82, 2.24) is 0 Å². The average molecular weight is 116 g/mol. The minimum Gasteiger partial charge on any atom is -0.387 e. The Morgan fingerprint density at radius 1 is 1.29 bits per heavy atom. The summed E-state index contributed by atoms with van der Waals surface area (Å²) in [6.07, 6.45) is -4.40. The molecule has 4 heteroatoms. The minimum absolute atomic E-state index is 0. The van der Waals surface area contributed by atoms with E-state index in [9.17, 15) is 13.2 Å². The second-order valence-electron chi connectivity index (χ2n) is 0.773. The van der Waals surface area contributed by atoms with Crippen molar-refractivity contribution in [2.45, 2.75) is 13.6 Å². The van der Waals surface area contributed by atoms with Gasteiger partial charge >= 0.3 is 6.18 Å². The molecule has 7 heavy (non-hydrogen) atoms. The first-order chi connectivity index (χ1) is 2.56. The summed E-state index contributed by atoms with van der Waals surface area (Å²) in [7, 11) is 0. The van der Waals surface area contributed by atoms with Gasteiger partial charge in [-0.05, 0) is 0 Å². The third kappa shape index (κ3) is 10.7. The molecule has 0 aliphatic heterocycles. The lowest BCUT2D eigenvalue weighted by atomic mass is 10.7. The maximum atomic E-state index is 10.5.